The minimum atomic E-state index is -0.303. The molecule has 2 aliphatic heterocycles. The Kier molecular flexibility index (Phi) is 7.43. The van der Waals surface area contributed by atoms with Crippen LogP contribution in [0, 0.1) is 18.8 Å². The van der Waals surface area contributed by atoms with Gasteiger partial charge in [-0.3, -0.25) is 4.90 Å². The molecule has 1 N–H and O–H groups in total. The lowest BCUT2D eigenvalue weighted by Gasteiger charge is -2.46. The monoisotopic (exact) mass is 414 g/mol. The van der Waals surface area contributed by atoms with E-state index in [1.165, 1.54) is 18.4 Å². The molecule has 0 saturated carbocycles. The number of hydrogen-bond acceptors (Lipinski definition) is 5. The Labute approximate surface area is 179 Å². The number of aryl methyl sites for hydroxylation is 1. The lowest BCUT2D eigenvalue weighted by molar-refractivity contribution is -0.137. The van der Waals surface area contributed by atoms with Gasteiger partial charge in [-0.2, -0.15) is 0 Å². The van der Waals surface area contributed by atoms with Crippen LogP contribution < -0.4 is 4.74 Å². The molecule has 0 radical (unpaired) electrons. The number of fused-ring (bicyclic) bond motifs is 3. The maximum atomic E-state index is 12.5. The van der Waals surface area contributed by atoms with Crippen molar-refractivity contribution in [1.29, 1.82) is 0 Å². The second-order valence-corrected chi connectivity index (χ2v) is 8.10. The molecule has 3 heterocycles. The van der Waals surface area contributed by atoms with Gasteiger partial charge in [-0.1, -0.05) is 19.4 Å². The van der Waals surface area contributed by atoms with Gasteiger partial charge in [0.15, 0.2) is 0 Å². The Morgan fingerprint density at radius 1 is 1.30 bits per heavy atom. The number of carbonyl (C=O) groups excluding carboxylic acids is 1. The summed E-state index contributed by atoms with van der Waals surface area (Å²) in [5.74, 6) is 1.00. The molecule has 0 spiro atoms. The molecular formula is C24H34N2O4. The van der Waals surface area contributed by atoms with Gasteiger partial charge in [0, 0.05) is 24.5 Å². The van der Waals surface area contributed by atoms with Gasteiger partial charge < -0.3 is 19.2 Å². The van der Waals surface area contributed by atoms with Crippen LogP contribution in [0.3, 0.4) is 0 Å². The number of ether oxygens (including phenoxy) is 3. The van der Waals surface area contributed by atoms with Crippen LogP contribution in [0.15, 0.2) is 36.1 Å². The van der Waals surface area contributed by atoms with Crippen LogP contribution in [0.5, 0.6) is 5.75 Å². The molecule has 0 amide bonds. The van der Waals surface area contributed by atoms with E-state index in [1.54, 1.807) is 20.5 Å². The van der Waals surface area contributed by atoms with Crippen molar-refractivity contribution >= 4 is 5.97 Å². The normalized spacial score (nSPS) is 23.6. The molecule has 1 aromatic rings. The third kappa shape index (κ3) is 4.64. The Morgan fingerprint density at radius 2 is 2.10 bits per heavy atom. The lowest BCUT2D eigenvalue weighted by atomic mass is 9.74. The molecule has 0 aliphatic carbocycles. The molecule has 1 aromatic heterocycles. The first kappa shape index (κ1) is 22.2. The molecule has 6 nitrogen and oxygen atoms in total. The highest BCUT2D eigenvalue weighted by Gasteiger charge is 2.41. The summed E-state index contributed by atoms with van der Waals surface area (Å²) in [6, 6.07) is 8.38. The third-order valence-electron chi connectivity index (χ3n) is 6.38. The molecule has 30 heavy (non-hydrogen) atoms. The zero-order valence-corrected chi connectivity index (χ0v) is 18.7. The van der Waals surface area contributed by atoms with Gasteiger partial charge in [-0.05, 0) is 55.4 Å². The van der Waals surface area contributed by atoms with Crippen LogP contribution in [-0.2, 0) is 20.7 Å². The van der Waals surface area contributed by atoms with E-state index < -0.39 is 0 Å². The van der Waals surface area contributed by atoms with Gasteiger partial charge in [-0.25, -0.2) is 4.79 Å². The first-order valence-electron chi connectivity index (χ1n) is 10.7. The van der Waals surface area contributed by atoms with E-state index in [9.17, 15) is 4.79 Å². The fourth-order valence-electron chi connectivity index (χ4n) is 4.83. The van der Waals surface area contributed by atoms with Crippen molar-refractivity contribution in [2.75, 3.05) is 34.4 Å². The minimum absolute atomic E-state index is 0.0817. The van der Waals surface area contributed by atoms with Crippen molar-refractivity contribution in [2.45, 2.75) is 39.2 Å². The van der Waals surface area contributed by atoms with E-state index in [1.807, 2.05) is 12.1 Å². The zero-order valence-electron chi connectivity index (χ0n) is 18.7. The van der Waals surface area contributed by atoms with Gasteiger partial charge in [0.05, 0.1) is 39.2 Å². The number of rotatable bonds is 5. The molecule has 1 fully saturated rings. The van der Waals surface area contributed by atoms with Crippen molar-refractivity contribution in [1.82, 2.24) is 9.88 Å². The standard InChI is InChI=1S/C24H34N2O4/c1-6-17-14-26-11-10-18-12-19(29-4)9-7-8-16(2)25-23(18)22(26)13-20(17)21(15-28-3)24(27)30-5/h7-9,12,15,17,20,22,25H,6,10-11,13-14H2,1-5H3/b9-7?,16-8?,19-12?,21-15+. The fraction of sp³-hybridized carbons (Fsp3) is 0.542. The number of H-pyrrole nitrogens is 1. The molecule has 164 valence electrons. The number of esters is 1. The number of aromatic nitrogens is 1. The average molecular weight is 415 g/mol. The van der Waals surface area contributed by atoms with E-state index in [4.69, 9.17) is 14.2 Å². The summed E-state index contributed by atoms with van der Waals surface area (Å²) < 4.78 is 15.9. The highest BCUT2D eigenvalue weighted by atomic mass is 16.5. The number of piperidine rings is 1. The predicted octanol–water partition coefficient (Wildman–Crippen LogP) is 4.10. The van der Waals surface area contributed by atoms with Crippen LogP contribution in [-0.4, -0.2) is 50.3 Å². The number of aromatic amines is 1. The Bertz CT molecular complexity index is 844. The predicted molar refractivity (Wildman–Crippen MR) is 117 cm³/mol. The first-order chi connectivity index (χ1) is 14.5. The van der Waals surface area contributed by atoms with Crippen LogP contribution >= 0.6 is 0 Å². The lowest BCUT2D eigenvalue weighted by Crippen LogP contribution is -2.47. The summed E-state index contributed by atoms with van der Waals surface area (Å²) >= 11 is 0. The fourth-order valence-corrected chi connectivity index (χ4v) is 4.83. The maximum absolute atomic E-state index is 12.5. The van der Waals surface area contributed by atoms with Gasteiger partial charge in [0.1, 0.15) is 5.75 Å². The van der Waals surface area contributed by atoms with Crippen molar-refractivity contribution in [3.63, 3.8) is 0 Å². The summed E-state index contributed by atoms with van der Waals surface area (Å²) in [7, 11) is 4.72. The number of hydrogen-bond donors (Lipinski definition) is 1. The maximum Gasteiger partial charge on any atom is 0.337 e. The average Bonchev–Trinajstić information content (AvgIpc) is 2.84. The zero-order chi connectivity index (χ0) is 21.7. The van der Waals surface area contributed by atoms with Gasteiger partial charge in [0.25, 0.3) is 0 Å². The topological polar surface area (TPSA) is 63.8 Å². The number of methoxy groups -OCH3 is 3. The summed E-state index contributed by atoms with van der Waals surface area (Å²) in [5.41, 5.74) is 4.18. The third-order valence-corrected chi connectivity index (χ3v) is 6.38. The SMILES string of the molecule is CCC1CN2CCc3cc(OC)cccc(C)[nH]c3C2CC1/C(=C\OC)C(=O)OC. The van der Waals surface area contributed by atoms with Gasteiger partial charge in [0.2, 0.25) is 0 Å². The molecule has 2 aliphatic rings. The second kappa shape index (κ2) is 10.0. The van der Waals surface area contributed by atoms with Crippen molar-refractivity contribution in [3.8, 4) is 5.75 Å². The molecule has 3 rings (SSSR count). The summed E-state index contributed by atoms with van der Waals surface area (Å²) in [6.07, 6.45) is 4.38. The smallest absolute Gasteiger partial charge is 0.337 e. The molecule has 3 atom stereocenters. The molecule has 0 aromatic carbocycles. The van der Waals surface area contributed by atoms with Gasteiger partial charge >= 0.3 is 5.97 Å². The quantitative estimate of drug-likeness (QED) is 0.446. The van der Waals surface area contributed by atoms with Crippen LogP contribution in [0.1, 0.15) is 42.8 Å². The largest absolute Gasteiger partial charge is 0.504 e. The molecule has 1 saturated heterocycles. The van der Waals surface area contributed by atoms with Gasteiger partial charge in [-0.15, -0.1) is 0 Å². The van der Waals surface area contributed by atoms with Crippen LogP contribution in [0.25, 0.3) is 0 Å². The van der Waals surface area contributed by atoms with Crippen molar-refractivity contribution in [2.24, 2.45) is 11.8 Å². The summed E-state index contributed by atoms with van der Waals surface area (Å²) in [4.78, 5) is 18.7. The van der Waals surface area contributed by atoms with Crippen molar-refractivity contribution < 1.29 is 19.0 Å². The molecular weight excluding hydrogens is 380 g/mol. The van der Waals surface area contributed by atoms with Crippen molar-refractivity contribution in [3.05, 3.63) is 53.1 Å². The van der Waals surface area contributed by atoms with E-state index in [0.717, 1.165) is 43.8 Å². The number of carbonyl (C=O) groups is 1. The first-order valence-corrected chi connectivity index (χ1v) is 10.7. The van der Waals surface area contributed by atoms with E-state index in [-0.39, 0.29) is 17.9 Å². The number of nitrogens with zero attached hydrogens (tertiary/aromatic N) is 1. The number of nitrogens with one attached hydrogen (secondary N) is 1. The van der Waals surface area contributed by atoms with Crippen LogP contribution in [0.4, 0.5) is 0 Å². The summed E-state index contributed by atoms with van der Waals surface area (Å²) in [6.45, 7) is 6.21. The second-order valence-electron chi connectivity index (χ2n) is 8.10. The van der Waals surface area contributed by atoms with E-state index in [2.05, 4.69) is 35.9 Å². The molecule has 0 bridgehead atoms. The highest BCUT2D eigenvalue weighted by molar-refractivity contribution is 5.88. The minimum Gasteiger partial charge on any atom is -0.504 e. The Hall–Kier alpha value is -2.47. The molecule has 3 unspecified atom stereocenters. The summed E-state index contributed by atoms with van der Waals surface area (Å²) in [5, 5.41) is 0. The van der Waals surface area contributed by atoms with Crippen LogP contribution in [0.2, 0.25) is 0 Å². The van der Waals surface area contributed by atoms with E-state index >= 15 is 0 Å². The Balaban J connectivity index is 2.09. The Morgan fingerprint density at radius 3 is 2.77 bits per heavy atom. The molecule has 6 heteroatoms. The van der Waals surface area contributed by atoms with E-state index in [0.29, 0.717) is 11.5 Å². The highest BCUT2D eigenvalue weighted by Crippen LogP contribution is 2.44.